The molecule has 1 aliphatic heterocycles. The quantitative estimate of drug-likeness (QED) is 0.676. The number of imidazole rings is 1. The highest BCUT2D eigenvalue weighted by Gasteiger charge is 2.44. The van der Waals surface area contributed by atoms with Gasteiger partial charge in [0, 0.05) is 7.05 Å². The predicted octanol–water partition coefficient (Wildman–Crippen LogP) is 0.586. The normalized spacial score (nSPS) is 27.7. The van der Waals surface area contributed by atoms with Gasteiger partial charge in [0.25, 0.3) is 0 Å². The Kier molecular flexibility index (Phi) is 4.66. The van der Waals surface area contributed by atoms with Crippen LogP contribution in [0.3, 0.4) is 0 Å². The Labute approximate surface area is 140 Å². The molecule has 0 aromatic carbocycles. The van der Waals surface area contributed by atoms with Gasteiger partial charge in [0.15, 0.2) is 17.7 Å². The van der Waals surface area contributed by atoms with Gasteiger partial charge >= 0.3 is 0 Å². The average Bonchev–Trinajstić information content (AvgIpc) is 3.07. The largest absolute Gasteiger partial charge is 0.388 e. The van der Waals surface area contributed by atoms with Crippen LogP contribution < -0.4 is 5.32 Å². The lowest BCUT2D eigenvalue weighted by molar-refractivity contribution is -0.0353. The number of nitrogens with one attached hydrogen (secondary N) is 1. The van der Waals surface area contributed by atoms with Gasteiger partial charge in [0.1, 0.15) is 24.1 Å². The molecular formula is C15H24N5O3P. The van der Waals surface area contributed by atoms with Crippen molar-refractivity contribution in [3.05, 3.63) is 12.7 Å². The van der Waals surface area contributed by atoms with Crippen molar-refractivity contribution in [2.75, 3.05) is 31.9 Å². The number of rotatable bonds is 5. The fourth-order valence-electron chi connectivity index (χ4n) is 2.90. The van der Waals surface area contributed by atoms with Crippen molar-refractivity contribution >= 4 is 30.2 Å². The van der Waals surface area contributed by atoms with Crippen LogP contribution in [0.5, 0.6) is 0 Å². The van der Waals surface area contributed by atoms with E-state index in [4.69, 9.17) is 4.74 Å². The molecule has 2 aromatic rings. The number of aromatic nitrogens is 4. The van der Waals surface area contributed by atoms with E-state index in [1.807, 2.05) is 0 Å². The van der Waals surface area contributed by atoms with Crippen LogP contribution in [0, 0.1) is 0 Å². The summed E-state index contributed by atoms with van der Waals surface area (Å²) in [5.41, 5.74) is 1.15. The topological polar surface area (TPSA) is 105 Å². The first kappa shape index (κ1) is 17.4. The van der Waals surface area contributed by atoms with Crippen LogP contribution in [0.15, 0.2) is 12.7 Å². The molecule has 0 saturated carbocycles. The lowest BCUT2D eigenvalue weighted by Crippen LogP contribution is -2.31. The summed E-state index contributed by atoms with van der Waals surface area (Å²) in [6.07, 6.45) is 5.61. The molecule has 3 N–H and O–H groups in total. The Morgan fingerprint density at radius 2 is 2.04 bits per heavy atom. The van der Waals surface area contributed by atoms with Crippen molar-refractivity contribution in [3.63, 3.8) is 0 Å². The van der Waals surface area contributed by atoms with E-state index in [1.54, 1.807) is 17.9 Å². The number of anilines is 1. The zero-order chi connectivity index (χ0) is 17.5. The summed E-state index contributed by atoms with van der Waals surface area (Å²) in [6, 6.07) is 0. The van der Waals surface area contributed by atoms with Crippen molar-refractivity contribution in [1.29, 1.82) is 0 Å². The first-order chi connectivity index (χ1) is 11.3. The fraction of sp³-hybridized carbons (Fsp3) is 0.600. The molecule has 0 spiro atoms. The van der Waals surface area contributed by atoms with Gasteiger partial charge in [-0.1, -0.05) is 0 Å². The van der Waals surface area contributed by atoms with Crippen molar-refractivity contribution in [3.8, 4) is 0 Å². The highest BCUT2D eigenvalue weighted by molar-refractivity contribution is 7.72. The van der Waals surface area contributed by atoms with Gasteiger partial charge in [-0.05, 0) is 25.9 Å². The molecule has 0 amide bonds. The van der Waals surface area contributed by atoms with Crippen LogP contribution in [0.1, 0.15) is 12.6 Å². The Bertz CT molecular complexity index is 774. The van der Waals surface area contributed by atoms with Gasteiger partial charge in [-0.2, -0.15) is 0 Å². The second-order valence-corrected chi connectivity index (χ2v) is 11.1. The maximum Gasteiger partial charge on any atom is 0.167 e. The van der Waals surface area contributed by atoms with Gasteiger partial charge in [0.05, 0.1) is 12.4 Å². The molecule has 1 aliphatic rings. The Morgan fingerprint density at radius 1 is 1.29 bits per heavy atom. The third kappa shape index (κ3) is 3.19. The highest BCUT2D eigenvalue weighted by atomic mass is 31.2. The van der Waals surface area contributed by atoms with Gasteiger partial charge in [-0.25, -0.2) is 15.0 Å². The van der Waals surface area contributed by atoms with Gasteiger partial charge in [-0.15, -0.1) is 13.2 Å². The third-order valence-electron chi connectivity index (χ3n) is 4.23. The minimum absolute atomic E-state index is 0.422. The predicted molar refractivity (Wildman–Crippen MR) is 96.2 cm³/mol. The number of hydrogen-bond donors (Lipinski definition) is 3. The molecule has 8 nitrogen and oxygen atoms in total. The molecule has 0 aliphatic carbocycles. The standard InChI is InChI=1S/C15H24N5O3P/c1-16-13-10-14(18-7-17-13)20(8-19-10)15-12(22)11(21)9(23-15)5-6-24(2,3)4/h7-9,11-12,15,21-22H,2,5-6H2,1,3-4H3,(H,16,17,18)/t9-,11-,12-,15-/m1/s1. The van der Waals surface area contributed by atoms with Crippen LogP contribution in [0.25, 0.3) is 11.2 Å². The molecule has 132 valence electrons. The number of nitrogens with zero attached hydrogens (tertiary/aromatic N) is 4. The molecule has 0 unspecified atom stereocenters. The summed E-state index contributed by atoms with van der Waals surface area (Å²) >= 11 is 0. The minimum atomic E-state index is -1.21. The molecule has 0 radical (unpaired) electrons. The fourth-order valence-corrected chi connectivity index (χ4v) is 3.85. The van der Waals surface area contributed by atoms with E-state index in [0.717, 1.165) is 6.16 Å². The van der Waals surface area contributed by atoms with Crippen molar-refractivity contribution in [2.45, 2.75) is 31.0 Å². The molecule has 0 bridgehead atoms. The van der Waals surface area contributed by atoms with Crippen molar-refractivity contribution in [1.82, 2.24) is 19.5 Å². The van der Waals surface area contributed by atoms with E-state index >= 15 is 0 Å². The first-order valence-corrected chi connectivity index (χ1v) is 10.9. The lowest BCUT2D eigenvalue weighted by atomic mass is 10.1. The van der Waals surface area contributed by atoms with Crippen molar-refractivity contribution in [2.24, 2.45) is 0 Å². The Balaban J connectivity index is 1.86. The van der Waals surface area contributed by atoms with Crippen LogP contribution in [0.4, 0.5) is 5.82 Å². The van der Waals surface area contributed by atoms with Gasteiger partial charge < -0.3 is 20.3 Å². The molecule has 2 aromatic heterocycles. The van der Waals surface area contributed by atoms with E-state index in [-0.39, 0.29) is 0 Å². The van der Waals surface area contributed by atoms with E-state index in [1.165, 1.54) is 6.33 Å². The minimum Gasteiger partial charge on any atom is -0.388 e. The third-order valence-corrected chi connectivity index (χ3v) is 5.69. The molecule has 4 atom stereocenters. The van der Waals surface area contributed by atoms with Gasteiger partial charge in [-0.3, -0.25) is 4.57 Å². The molecule has 3 heterocycles. The zero-order valence-electron chi connectivity index (χ0n) is 14.1. The van der Waals surface area contributed by atoms with Crippen LogP contribution in [-0.2, 0) is 4.74 Å². The molecule has 9 heteroatoms. The highest BCUT2D eigenvalue weighted by Crippen LogP contribution is 2.40. The van der Waals surface area contributed by atoms with Gasteiger partial charge in [0.2, 0.25) is 0 Å². The summed E-state index contributed by atoms with van der Waals surface area (Å²) in [7, 11) is 1.76. The summed E-state index contributed by atoms with van der Waals surface area (Å²) in [6.45, 7) is 3.07. The second kappa shape index (κ2) is 6.44. The summed E-state index contributed by atoms with van der Waals surface area (Å²) < 4.78 is 7.59. The zero-order valence-corrected chi connectivity index (χ0v) is 15.0. The molecule has 24 heavy (non-hydrogen) atoms. The van der Waals surface area contributed by atoms with Crippen molar-refractivity contribution < 1.29 is 14.9 Å². The number of hydrogen-bond acceptors (Lipinski definition) is 7. The summed E-state index contributed by atoms with van der Waals surface area (Å²) in [5.74, 6) is 0.604. The average molecular weight is 353 g/mol. The number of fused-ring (bicyclic) bond motifs is 1. The molecule has 1 fully saturated rings. The molecule has 1 saturated heterocycles. The molecule has 3 rings (SSSR count). The molecular weight excluding hydrogens is 329 g/mol. The summed E-state index contributed by atoms with van der Waals surface area (Å²) in [5, 5.41) is 23.7. The maximum absolute atomic E-state index is 10.4. The van der Waals surface area contributed by atoms with Crippen LogP contribution in [0.2, 0.25) is 0 Å². The number of aliphatic hydroxyl groups excluding tert-OH is 2. The van der Waals surface area contributed by atoms with E-state index in [0.29, 0.717) is 23.4 Å². The Hall–Kier alpha value is -1.47. The van der Waals surface area contributed by atoms with E-state index < -0.39 is 31.4 Å². The smallest absolute Gasteiger partial charge is 0.167 e. The van der Waals surface area contributed by atoms with Crippen LogP contribution in [-0.4, -0.2) is 80.9 Å². The Morgan fingerprint density at radius 3 is 2.71 bits per heavy atom. The first-order valence-electron chi connectivity index (χ1n) is 7.86. The van der Waals surface area contributed by atoms with E-state index in [2.05, 4.69) is 39.9 Å². The lowest BCUT2D eigenvalue weighted by Gasteiger charge is -2.18. The number of ether oxygens (including phenoxy) is 1. The maximum atomic E-state index is 10.4. The number of aliphatic hydroxyl groups is 2. The van der Waals surface area contributed by atoms with E-state index in [9.17, 15) is 10.2 Å². The monoisotopic (exact) mass is 353 g/mol. The van der Waals surface area contributed by atoms with Crippen LogP contribution >= 0.6 is 6.89 Å². The SMILES string of the molecule is C=P(C)(C)CC[C@H]1O[C@@H](n2cnc3c(NC)ncnc32)[C@H](O)[C@@H]1O. The summed E-state index contributed by atoms with van der Waals surface area (Å²) in [4.78, 5) is 12.7. The second-order valence-electron chi connectivity index (χ2n) is 6.79.